The number of hydroxylamine groups is 2. The standard InChI is InChI=1S/C27H34N4O3/c1-7-10-19(4)24(26(32)29-17-25-20(5)15-21(6)30-27(25)33)16-23(8-2)31(9-3)34-18-22-11-13-28-14-12-22/h8-16H,3,7,17-18H2,1-2,4-6H3,(H,29,32)(H,30,33)/b19-10+,23-8-,24-16+. The van der Waals surface area contributed by atoms with E-state index in [0.29, 0.717) is 23.4 Å². The number of aromatic amines is 1. The van der Waals surface area contributed by atoms with Crippen LogP contribution in [0.3, 0.4) is 0 Å². The number of nitrogens with one attached hydrogen (secondary N) is 2. The number of carbonyl (C=O) groups excluding carboxylic acids is 1. The number of carbonyl (C=O) groups is 1. The molecule has 0 atom stereocenters. The van der Waals surface area contributed by atoms with Crippen molar-refractivity contribution in [3.63, 3.8) is 0 Å². The highest BCUT2D eigenvalue weighted by Crippen LogP contribution is 2.18. The molecule has 2 heterocycles. The van der Waals surface area contributed by atoms with Crippen molar-refractivity contribution < 1.29 is 9.63 Å². The number of allylic oxidation sites excluding steroid dienone is 3. The van der Waals surface area contributed by atoms with Crippen LogP contribution in [-0.4, -0.2) is 20.9 Å². The highest BCUT2D eigenvalue weighted by atomic mass is 16.7. The highest BCUT2D eigenvalue weighted by molar-refractivity contribution is 5.98. The fraction of sp³-hybridized carbons (Fsp3) is 0.296. The van der Waals surface area contributed by atoms with Crippen molar-refractivity contribution in [3.8, 4) is 0 Å². The lowest BCUT2D eigenvalue weighted by Gasteiger charge is -2.21. The molecule has 0 fully saturated rings. The molecule has 0 spiro atoms. The van der Waals surface area contributed by atoms with Crippen LogP contribution in [0.5, 0.6) is 0 Å². The van der Waals surface area contributed by atoms with Crippen molar-refractivity contribution in [1.29, 1.82) is 0 Å². The predicted octanol–water partition coefficient (Wildman–Crippen LogP) is 4.77. The first-order valence-corrected chi connectivity index (χ1v) is 11.3. The number of H-pyrrole nitrogens is 1. The van der Waals surface area contributed by atoms with Crippen LogP contribution in [0.25, 0.3) is 0 Å². The Morgan fingerprint density at radius 3 is 2.59 bits per heavy atom. The van der Waals surface area contributed by atoms with Gasteiger partial charge in [-0.15, -0.1) is 0 Å². The van der Waals surface area contributed by atoms with Gasteiger partial charge in [0, 0.05) is 42.0 Å². The Morgan fingerprint density at radius 1 is 1.29 bits per heavy atom. The summed E-state index contributed by atoms with van der Waals surface area (Å²) in [6.45, 7) is 13.8. The van der Waals surface area contributed by atoms with E-state index in [1.165, 1.54) is 5.06 Å². The van der Waals surface area contributed by atoms with Gasteiger partial charge in [-0.3, -0.25) is 19.4 Å². The van der Waals surface area contributed by atoms with Crippen LogP contribution in [0.2, 0.25) is 0 Å². The lowest BCUT2D eigenvalue weighted by Crippen LogP contribution is -2.29. The second-order valence-electron chi connectivity index (χ2n) is 7.83. The molecule has 0 radical (unpaired) electrons. The van der Waals surface area contributed by atoms with Gasteiger partial charge in [0.1, 0.15) is 6.61 Å². The molecule has 0 aromatic carbocycles. The molecule has 180 valence electrons. The number of aromatic nitrogens is 2. The van der Waals surface area contributed by atoms with E-state index in [1.54, 1.807) is 24.7 Å². The maximum absolute atomic E-state index is 13.2. The van der Waals surface area contributed by atoms with Crippen LogP contribution in [0, 0.1) is 13.8 Å². The maximum atomic E-state index is 13.2. The molecule has 0 bridgehead atoms. The normalized spacial score (nSPS) is 12.4. The smallest absolute Gasteiger partial charge is 0.253 e. The van der Waals surface area contributed by atoms with Gasteiger partial charge in [0.05, 0.1) is 5.70 Å². The number of aryl methyl sites for hydroxylation is 2. The molecular weight excluding hydrogens is 428 g/mol. The molecule has 2 aromatic rings. The van der Waals surface area contributed by atoms with Gasteiger partial charge >= 0.3 is 0 Å². The number of hydrogen-bond acceptors (Lipinski definition) is 5. The molecule has 2 N–H and O–H groups in total. The number of pyridine rings is 2. The van der Waals surface area contributed by atoms with Gasteiger partial charge < -0.3 is 10.3 Å². The van der Waals surface area contributed by atoms with Gasteiger partial charge in [-0.25, -0.2) is 5.06 Å². The minimum absolute atomic E-state index is 0.131. The third-order valence-electron chi connectivity index (χ3n) is 5.23. The second-order valence-corrected chi connectivity index (χ2v) is 7.83. The first-order valence-electron chi connectivity index (χ1n) is 11.3. The quantitative estimate of drug-likeness (QED) is 0.285. The molecular formula is C27H34N4O3. The number of nitrogens with zero attached hydrogens (tertiary/aromatic N) is 2. The number of rotatable bonds is 11. The zero-order valence-electron chi connectivity index (χ0n) is 20.6. The molecule has 7 nitrogen and oxygen atoms in total. The van der Waals surface area contributed by atoms with E-state index in [1.807, 2.05) is 65.0 Å². The molecule has 2 rings (SSSR count). The summed E-state index contributed by atoms with van der Waals surface area (Å²) in [6, 6.07) is 5.63. The van der Waals surface area contributed by atoms with E-state index in [-0.39, 0.29) is 18.0 Å². The van der Waals surface area contributed by atoms with E-state index >= 15 is 0 Å². The highest BCUT2D eigenvalue weighted by Gasteiger charge is 2.16. The van der Waals surface area contributed by atoms with E-state index < -0.39 is 0 Å². The average Bonchev–Trinajstić information content (AvgIpc) is 2.81. The zero-order chi connectivity index (χ0) is 25.1. The summed E-state index contributed by atoms with van der Waals surface area (Å²) in [5.41, 5.74) is 4.89. The Kier molecular flexibility index (Phi) is 10.2. The van der Waals surface area contributed by atoms with Crippen molar-refractivity contribution in [3.05, 3.63) is 111 Å². The van der Waals surface area contributed by atoms with E-state index in [2.05, 4.69) is 21.9 Å². The lowest BCUT2D eigenvalue weighted by atomic mass is 10.0. The molecule has 0 saturated heterocycles. The minimum atomic E-state index is -0.279. The second kappa shape index (κ2) is 13.1. The Morgan fingerprint density at radius 2 is 2.00 bits per heavy atom. The summed E-state index contributed by atoms with van der Waals surface area (Å²) in [5, 5.41) is 4.43. The SMILES string of the molecule is C=CN(OCc1ccncc1)C(=C\C)/C=C(C(=O)NCc1c(C)cc(C)[nH]c1=O)\C(C)=C\CC. The van der Waals surface area contributed by atoms with Gasteiger partial charge in [0.25, 0.3) is 11.5 Å². The molecule has 0 saturated carbocycles. The van der Waals surface area contributed by atoms with Gasteiger partial charge in [-0.1, -0.05) is 25.7 Å². The molecule has 7 heteroatoms. The Labute approximate surface area is 201 Å². The Bertz CT molecular complexity index is 1140. The summed E-state index contributed by atoms with van der Waals surface area (Å²) in [6.07, 6.45) is 11.3. The Balaban J connectivity index is 2.27. The summed E-state index contributed by atoms with van der Waals surface area (Å²) < 4.78 is 0. The van der Waals surface area contributed by atoms with Crippen LogP contribution in [0.4, 0.5) is 0 Å². The van der Waals surface area contributed by atoms with Crippen molar-refractivity contribution in [2.45, 2.75) is 54.2 Å². The molecule has 0 aliphatic heterocycles. The van der Waals surface area contributed by atoms with Gasteiger partial charge in [0.2, 0.25) is 0 Å². The van der Waals surface area contributed by atoms with Crippen molar-refractivity contribution in [2.24, 2.45) is 0 Å². The molecule has 0 aliphatic rings. The molecule has 34 heavy (non-hydrogen) atoms. The minimum Gasteiger partial charge on any atom is -0.348 e. The lowest BCUT2D eigenvalue weighted by molar-refractivity contribution is -0.117. The summed E-state index contributed by atoms with van der Waals surface area (Å²) in [5.74, 6) is -0.279. The fourth-order valence-electron chi connectivity index (χ4n) is 3.42. The van der Waals surface area contributed by atoms with Crippen molar-refractivity contribution in [1.82, 2.24) is 20.3 Å². The van der Waals surface area contributed by atoms with Gasteiger partial charge in [0.15, 0.2) is 0 Å². The fourth-order valence-corrected chi connectivity index (χ4v) is 3.42. The maximum Gasteiger partial charge on any atom is 0.253 e. The third kappa shape index (κ3) is 7.42. The summed E-state index contributed by atoms with van der Waals surface area (Å²) in [7, 11) is 0. The van der Waals surface area contributed by atoms with E-state index in [0.717, 1.165) is 28.8 Å². The molecule has 0 unspecified atom stereocenters. The largest absolute Gasteiger partial charge is 0.348 e. The van der Waals surface area contributed by atoms with Gasteiger partial charge in [-0.2, -0.15) is 0 Å². The Hall–Kier alpha value is -3.71. The van der Waals surface area contributed by atoms with Crippen LogP contribution in [-0.2, 0) is 22.8 Å². The number of amides is 1. The average molecular weight is 463 g/mol. The van der Waals surface area contributed by atoms with Crippen LogP contribution < -0.4 is 10.9 Å². The van der Waals surface area contributed by atoms with Crippen molar-refractivity contribution in [2.75, 3.05) is 0 Å². The molecule has 0 aliphatic carbocycles. The van der Waals surface area contributed by atoms with Gasteiger partial charge in [-0.05, 0) is 75.1 Å². The van der Waals surface area contributed by atoms with E-state index in [9.17, 15) is 9.59 Å². The first kappa shape index (κ1) is 26.5. The monoisotopic (exact) mass is 462 g/mol. The molecule has 1 amide bonds. The van der Waals surface area contributed by atoms with Crippen molar-refractivity contribution >= 4 is 5.91 Å². The number of hydrogen-bond donors (Lipinski definition) is 2. The third-order valence-corrected chi connectivity index (χ3v) is 5.23. The predicted molar refractivity (Wildman–Crippen MR) is 135 cm³/mol. The van der Waals surface area contributed by atoms with E-state index in [4.69, 9.17) is 4.84 Å². The first-order chi connectivity index (χ1) is 16.3. The van der Waals surface area contributed by atoms with Crippen LogP contribution >= 0.6 is 0 Å². The van der Waals surface area contributed by atoms with Crippen LogP contribution in [0.1, 0.15) is 49.6 Å². The summed E-state index contributed by atoms with van der Waals surface area (Å²) in [4.78, 5) is 38.3. The van der Waals surface area contributed by atoms with Crippen LogP contribution in [0.15, 0.2) is 83.2 Å². The topological polar surface area (TPSA) is 87.3 Å². The molecule has 2 aromatic heterocycles. The zero-order valence-corrected chi connectivity index (χ0v) is 20.6. The summed E-state index contributed by atoms with van der Waals surface area (Å²) >= 11 is 0.